The Morgan fingerprint density at radius 2 is 1.50 bits per heavy atom. The van der Waals surface area contributed by atoms with Crippen LogP contribution in [0.1, 0.15) is 47.5 Å². The minimum absolute atomic E-state index is 0.0248. The van der Waals surface area contributed by atoms with Crippen molar-refractivity contribution in [1.82, 2.24) is 9.91 Å². The zero-order chi connectivity index (χ0) is 15.9. The van der Waals surface area contributed by atoms with E-state index >= 15 is 0 Å². The Morgan fingerprint density at radius 3 is 1.80 bits per heavy atom. The molecule has 0 aliphatic carbocycles. The standard InChI is InChI=1S/C13H24N4O3/c1-8(18)17-12(2,3)6-9(7-13(17,4)5)16(15)11(20)10(14)19/h9H,6-7,15H2,1-5H3,(H2,14,19). The fourth-order valence-corrected chi connectivity index (χ4v) is 3.57. The molecule has 0 saturated carbocycles. The number of hydrazine groups is 1. The first-order chi connectivity index (χ1) is 8.90. The van der Waals surface area contributed by atoms with Crippen molar-refractivity contribution >= 4 is 17.7 Å². The zero-order valence-electron chi connectivity index (χ0n) is 12.8. The maximum absolute atomic E-state index is 11.9. The minimum Gasteiger partial charge on any atom is -0.361 e. The van der Waals surface area contributed by atoms with E-state index in [2.05, 4.69) is 0 Å². The number of amides is 3. The van der Waals surface area contributed by atoms with E-state index in [1.54, 1.807) is 4.90 Å². The molecule has 20 heavy (non-hydrogen) atoms. The summed E-state index contributed by atoms with van der Waals surface area (Å²) in [6.07, 6.45) is 0.983. The topological polar surface area (TPSA) is 110 Å². The van der Waals surface area contributed by atoms with Gasteiger partial charge in [-0.1, -0.05) is 0 Å². The number of nitrogens with zero attached hydrogens (tertiary/aromatic N) is 2. The molecule has 0 unspecified atom stereocenters. The van der Waals surface area contributed by atoms with Crippen molar-refractivity contribution in [3.8, 4) is 0 Å². The number of likely N-dealkylation sites (tertiary alicyclic amines) is 1. The van der Waals surface area contributed by atoms with Crippen LogP contribution in [0.2, 0.25) is 0 Å². The highest BCUT2D eigenvalue weighted by Gasteiger charge is 2.48. The number of nitrogens with two attached hydrogens (primary N) is 2. The fraction of sp³-hybridized carbons (Fsp3) is 0.769. The van der Waals surface area contributed by atoms with Gasteiger partial charge in [-0.25, -0.2) is 5.84 Å². The van der Waals surface area contributed by atoms with Gasteiger partial charge in [0, 0.05) is 18.0 Å². The molecule has 1 aliphatic rings. The lowest BCUT2D eigenvalue weighted by Crippen LogP contribution is -2.67. The quantitative estimate of drug-likeness (QED) is 0.299. The SMILES string of the molecule is CC(=O)N1C(C)(C)CC(N(N)C(=O)C(N)=O)CC1(C)C. The molecule has 0 aromatic heterocycles. The molecule has 114 valence electrons. The van der Waals surface area contributed by atoms with Crippen LogP contribution in [-0.2, 0) is 14.4 Å². The fourth-order valence-electron chi connectivity index (χ4n) is 3.57. The van der Waals surface area contributed by atoms with E-state index < -0.39 is 22.9 Å². The Kier molecular flexibility index (Phi) is 4.14. The van der Waals surface area contributed by atoms with Gasteiger partial charge in [0.05, 0.1) is 6.04 Å². The monoisotopic (exact) mass is 284 g/mol. The molecular formula is C13H24N4O3. The van der Waals surface area contributed by atoms with Crippen LogP contribution in [0.5, 0.6) is 0 Å². The first-order valence-electron chi connectivity index (χ1n) is 6.59. The Hall–Kier alpha value is -1.63. The first kappa shape index (κ1) is 16.4. The van der Waals surface area contributed by atoms with Crippen molar-refractivity contribution in [3.63, 3.8) is 0 Å². The molecule has 3 amide bonds. The second-order valence-corrected chi connectivity index (χ2v) is 6.62. The molecule has 0 aromatic rings. The summed E-state index contributed by atoms with van der Waals surface area (Å²) in [7, 11) is 0. The highest BCUT2D eigenvalue weighted by Crippen LogP contribution is 2.39. The number of rotatable bonds is 1. The van der Waals surface area contributed by atoms with E-state index in [-0.39, 0.29) is 11.9 Å². The normalized spacial score (nSPS) is 21.4. The van der Waals surface area contributed by atoms with Crippen LogP contribution in [0.25, 0.3) is 0 Å². The maximum Gasteiger partial charge on any atom is 0.325 e. The summed E-state index contributed by atoms with van der Waals surface area (Å²) < 4.78 is 0. The van der Waals surface area contributed by atoms with Crippen LogP contribution in [0.4, 0.5) is 0 Å². The van der Waals surface area contributed by atoms with Gasteiger partial charge < -0.3 is 10.6 Å². The van der Waals surface area contributed by atoms with Crippen LogP contribution in [0.15, 0.2) is 0 Å². The van der Waals surface area contributed by atoms with Crippen molar-refractivity contribution in [2.45, 2.75) is 64.6 Å². The largest absolute Gasteiger partial charge is 0.361 e. The number of piperidine rings is 1. The van der Waals surface area contributed by atoms with Crippen molar-refractivity contribution < 1.29 is 14.4 Å². The molecule has 0 bridgehead atoms. The average Bonchev–Trinajstić information content (AvgIpc) is 2.22. The van der Waals surface area contributed by atoms with Crippen LogP contribution in [0.3, 0.4) is 0 Å². The molecule has 1 heterocycles. The molecule has 1 fully saturated rings. The van der Waals surface area contributed by atoms with Crippen molar-refractivity contribution in [3.05, 3.63) is 0 Å². The molecule has 1 aliphatic heterocycles. The van der Waals surface area contributed by atoms with E-state index in [0.29, 0.717) is 12.8 Å². The third-order valence-electron chi connectivity index (χ3n) is 3.83. The number of carbonyl (C=O) groups is 3. The molecular weight excluding hydrogens is 260 g/mol. The van der Waals surface area contributed by atoms with Crippen molar-refractivity contribution in [2.75, 3.05) is 0 Å². The Labute approximate surface area is 119 Å². The van der Waals surface area contributed by atoms with Gasteiger partial charge in [-0.05, 0) is 40.5 Å². The summed E-state index contributed by atoms with van der Waals surface area (Å²) in [5.41, 5.74) is 4.05. The van der Waals surface area contributed by atoms with E-state index in [1.807, 2.05) is 27.7 Å². The first-order valence-corrected chi connectivity index (χ1v) is 6.59. The van der Waals surface area contributed by atoms with Crippen LogP contribution >= 0.6 is 0 Å². The maximum atomic E-state index is 11.9. The van der Waals surface area contributed by atoms with Gasteiger partial charge in [0.2, 0.25) is 5.91 Å². The van der Waals surface area contributed by atoms with E-state index in [0.717, 1.165) is 5.01 Å². The number of primary amides is 1. The highest BCUT2D eigenvalue weighted by molar-refractivity contribution is 6.34. The Balaban J connectivity index is 3.06. The van der Waals surface area contributed by atoms with E-state index in [4.69, 9.17) is 11.6 Å². The molecule has 0 aromatic carbocycles. The second-order valence-electron chi connectivity index (χ2n) is 6.62. The third kappa shape index (κ3) is 2.92. The van der Waals surface area contributed by atoms with Gasteiger partial charge in [-0.3, -0.25) is 19.4 Å². The number of hydrogen-bond acceptors (Lipinski definition) is 4. The lowest BCUT2D eigenvalue weighted by Gasteiger charge is -2.56. The average molecular weight is 284 g/mol. The Bertz CT molecular complexity index is 427. The summed E-state index contributed by atoms with van der Waals surface area (Å²) in [6, 6.07) is -0.337. The molecule has 0 radical (unpaired) electrons. The summed E-state index contributed by atoms with van der Waals surface area (Å²) in [5, 5.41) is 0.906. The zero-order valence-corrected chi connectivity index (χ0v) is 12.8. The molecule has 1 saturated heterocycles. The van der Waals surface area contributed by atoms with Gasteiger partial charge in [0.25, 0.3) is 0 Å². The van der Waals surface area contributed by atoms with Crippen molar-refractivity contribution in [2.24, 2.45) is 11.6 Å². The summed E-state index contributed by atoms with van der Waals surface area (Å²) in [5.74, 6) is 3.73. The second kappa shape index (κ2) is 5.05. The minimum atomic E-state index is -1.07. The summed E-state index contributed by atoms with van der Waals surface area (Å²) in [4.78, 5) is 36.3. The predicted octanol–water partition coefficient (Wildman–Crippen LogP) is -0.258. The van der Waals surface area contributed by atoms with Gasteiger partial charge >= 0.3 is 11.8 Å². The van der Waals surface area contributed by atoms with Crippen molar-refractivity contribution in [1.29, 1.82) is 0 Å². The van der Waals surface area contributed by atoms with Crippen LogP contribution in [-0.4, -0.2) is 44.8 Å². The van der Waals surface area contributed by atoms with E-state index in [9.17, 15) is 14.4 Å². The predicted molar refractivity (Wildman–Crippen MR) is 73.9 cm³/mol. The Morgan fingerprint density at radius 1 is 1.10 bits per heavy atom. The van der Waals surface area contributed by atoms with E-state index in [1.165, 1.54) is 6.92 Å². The van der Waals surface area contributed by atoms with Gasteiger partial charge in [0.15, 0.2) is 0 Å². The number of carbonyl (C=O) groups excluding carboxylic acids is 3. The molecule has 0 atom stereocenters. The molecule has 1 rings (SSSR count). The molecule has 7 heteroatoms. The summed E-state index contributed by atoms with van der Waals surface area (Å²) >= 11 is 0. The highest BCUT2D eigenvalue weighted by atomic mass is 16.2. The molecule has 0 spiro atoms. The van der Waals surface area contributed by atoms with Crippen LogP contribution in [0, 0.1) is 0 Å². The third-order valence-corrected chi connectivity index (χ3v) is 3.83. The lowest BCUT2D eigenvalue weighted by atomic mass is 9.76. The van der Waals surface area contributed by atoms with Gasteiger partial charge in [0.1, 0.15) is 0 Å². The van der Waals surface area contributed by atoms with Crippen LogP contribution < -0.4 is 11.6 Å². The smallest absolute Gasteiger partial charge is 0.325 e. The van der Waals surface area contributed by atoms with Gasteiger partial charge in [-0.15, -0.1) is 0 Å². The molecule has 7 nitrogen and oxygen atoms in total. The van der Waals surface area contributed by atoms with Gasteiger partial charge in [-0.2, -0.15) is 0 Å². The lowest BCUT2D eigenvalue weighted by molar-refractivity contribution is -0.156. The summed E-state index contributed by atoms with van der Waals surface area (Å²) in [6.45, 7) is 9.21. The molecule has 4 N–H and O–H groups in total. The number of hydrogen-bond donors (Lipinski definition) is 2.